The van der Waals surface area contributed by atoms with Gasteiger partial charge < -0.3 is 10.1 Å². The molecule has 1 N–H and O–H groups in total. The number of benzene rings is 1. The second-order valence-corrected chi connectivity index (χ2v) is 5.97. The quantitative estimate of drug-likeness (QED) is 0.914. The summed E-state index contributed by atoms with van der Waals surface area (Å²) in [6.45, 7) is 2.53. The minimum Gasteiger partial charge on any atom is -0.488 e. The van der Waals surface area contributed by atoms with Gasteiger partial charge in [-0.2, -0.15) is 5.26 Å². The molecular weight excluding hydrogens is 252 g/mol. The molecule has 1 saturated carbocycles. The molecule has 1 aliphatic heterocycles. The summed E-state index contributed by atoms with van der Waals surface area (Å²) in [6.07, 6.45) is 2.12. The molecule has 1 amide bonds. The van der Waals surface area contributed by atoms with Gasteiger partial charge in [-0.15, -0.1) is 0 Å². The summed E-state index contributed by atoms with van der Waals surface area (Å²) in [5.41, 5.74) is 0.379. The normalized spacial score (nSPS) is 30.6. The molecule has 20 heavy (non-hydrogen) atoms. The first-order valence-corrected chi connectivity index (χ1v) is 7.07. The molecular formula is C16H18N2O2. The number of nitrogens with zero attached hydrogens (tertiary/aromatic N) is 1. The Hall–Kier alpha value is -2.02. The van der Waals surface area contributed by atoms with Gasteiger partial charge in [0.1, 0.15) is 17.3 Å². The summed E-state index contributed by atoms with van der Waals surface area (Å²) in [5, 5.41) is 12.1. The number of nitrogens with one attached hydrogen (secondary N) is 1. The summed E-state index contributed by atoms with van der Waals surface area (Å²) in [6, 6.07) is 10.1. The van der Waals surface area contributed by atoms with Crippen LogP contribution < -0.4 is 10.1 Å². The van der Waals surface area contributed by atoms with Gasteiger partial charge in [-0.25, -0.2) is 0 Å². The van der Waals surface area contributed by atoms with Crippen LogP contribution in [0, 0.1) is 22.7 Å². The Kier molecular flexibility index (Phi) is 3.13. The summed E-state index contributed by atoms with van der Waals surface area (Å²) in [4.78, 5) is 12.2. The van der Waals surface area contributed by atoms with E-state index < -0.39 is 5.41 Å². The topological polar surface area (TPSA) is 62.1 Å². The zero-order valence-electron chi connectivity index (χ0n) is 11.6. The van der Waals surface area contributed by atoms with Crippen LogP contribution in [0.15, 0.2) is 24.3 Å². The van der Waals surface area contributed by atoms with Gasteiger partial charge >= 0.3 is 0 Å². The fraction of sp³-hybridized carbons (Fsp3) is 0.500. The fourth-order valence-electron chi connectivity index (χ4n) is 3.20. The smallest absolute Gasteiger partial charge is 0.240 e. The van der Waals surface area contributed by atoms with Crippen LogP contribution in [0.1, 0.15) is 25.3 Å². The number of ether oxygens (including phenoxy) is 1. The molecule has 1 aliphatic carbocycles. The third kappa shape index (κ3) is 2.14. The number of rotatable bonds is 3. The molecule has 1 aromatic carbocycles. The van der Waals surface area contributed by atoms with Crippen molar-refractivity contribution in [3.63, 3.8) is 0 Å². The maximum absolute atomic E-state index is 12.2. The Morgan fingerprint density at radius 2 is 2.25 bits per heavy atom. The molecule has 1 fully saturated rings. The van der Waals surface area contributed by atoms with Gasteiger partial charge in [0.25, 0.3) is 0 Å². The van der Waals surface area contributed by atoms with Crippen LogP contribution in [0.5, 0.6) is 5.75 Å². The van der Waals surface area contributed by atoms with Crippen molar-refractivity contribution < 1.29 is 9.53 Å². The SMILES string of the molecule is CC1CC(C#N)(C(=O)NCC2Cc3ccccc3O2)C1. The third-order valence-corrected chi connectivity index (χ3v) is 4.25. The lowest BCUT2D eigenvalue weighted by Crippen LogP contribution is -2.50. The molecule has 1 heterocycles. The second-order valence-electron chi connectivity index (χ2n) is 5.97. The van der Waals surface area contributed by atoms with Crippen LogP contribution >= 0.6 is 0 Å². The molecule has 4 heteroatoms. The average Bonchev–Trinajstić information content (AvgIpc) is 2.83. The summed E-state index contributed by atoms with van der Waals surface area (Å²) in [5.74, 6) is 1.23. The molecule has 0 radical (unpaired) electrons. The molecule has 4 nitrogen and oxygen atoms in total. The predicted octanol–water partition coefficient (Wildman–Crippen LogP) is 2.05. The number of hydrogen-bond donors (Lipinski definition) is 1. The van der Waals surface area contributed by atoms with Crippen LogP contribution in [-0.2, 0) is 11.2 Å². The standard InChI is InChI=1S/C16H18N2O2/c1-11-7-16(8-11,10-17)15(19)18-9-13-6-12-4-2-3-5-14(12)20-13/h2-5,11,13H,6-9H2,1H3,(H,18,19). The Balaban J connectivity index is 1.54. The van der Waals surface area contributed by atoms with Gasteiger partial charge in [-0.1, -0.05) is 25.1 Å². The van der Waals surface area contributed by atoms with E-state index >= 15 is 0 Å². The van der Waals surface area contributed by atoms with Crippen LogP contribution in [-0.4, -0.2) is 18.6 Å². The molecule has 1 atom stereocenters. The Bertz CT molecular complexity index is 545. The lowest BCUT2D eigenvalue weighted by molar-refractivity contribution is -0.134. The molecule has 3 rings (SSSR count). The maximum atomic E-state index is 12.2. The fourth-order valence-corrected chi connectivity index (χ4v) is 3.20. The van der Waals surface area contributed by atoms with Gasteiger partial charge in [-0.3, -0.25) is 4.79 Å². The van der Waals surface area contributed by atoms with E-state index in [4.69, 9.17) is 4.74 Å². The van der Waals surface area contributed by atoms with Crippen LogP contribution in [0.3, 0.4) is 0 Å². The number of amides is 1. The van der Waals surface area contributed by atoms with Crippen molar-refractivity contribution in [2.45, 2.75) is 32.3 Å². The molecule has 0 spiro atoms. The number of nitriles is 1. The monoisotopic (exact) mass is 270 g/mol. The molecule has 2 aliphatic rings. The van der Waals surface area contributed by atoms with E-state index in [2.05, 4.69) is 18.3 Å². The summed E-state index contributed by atoms with van der Waals surface area (Å²) in [7, 11) is 0. The second kappa shape index (κ2) is 4.82. The molecule has 0 bridgehead atoms. The van der Waals surface area contributed by atoms with E-state index in [-0.39, 0.29) is 12.0 Å². The minimum absolute atomic E-state index is 0.0235. The van der Waals surface area contributed by atoms with Crippen molar-refractivity contribution in [1.82, 2.24) is 5.32 Å². The van der Waals surface area contributed by atoms with Crippen LogP contribution in [0.2, 0.25) is 0 Å². The number of para-hydroxylation sites is 1. The highest BCUT2D eigenvalue weighted by Gasteiger charge is 2.49. The van der Waals surface area contributed by atoms with Crippen molar-refractivity contribution in [3.8, 4) is 11.8 Å². The van der Waals surface area contributed by atoms with Gasteiger partial charge in [0.05, 0.1) is 12.6 Å². The number of hydrogen-bond acceptors (Lipinski definition) is 3. The summed E-state index contributed by atoms with van der Waals surface area (Å²) >= 11 is 0. The number of carbonyl (C=O) groups is 1. The predicted molar refractivity (Wildman–Crippen MR) is 74.0 cm³/mol. The zero-order chi connectivity index (χ0) is 14.2. The average molecular weight is 270 g/mol. The molecule has 1 aromatic rings. The van der Waals surface area contributed by atoms with E-state index in [0.29, 0.717) is 25.3 Å². The first-order chi connectivity index (χ1) is 9.63. The van der Waals surface area contributed by atoms with Crippen molar-refractivity contribution in [3.05, 3.63) is 29.8 Å². The lowest BCUT2D eigenvalue weighted by Gasteiger charge is -2.39. The van der Waals surface area contributed by atoms with E-state index in [1.165, 1.54) is 5.56 Å². The Labute approximate surface area is 118 Å². The summed E-state index contributed by atoms with van der Waals surface area (Å²) < 4.78 is 5.78. The zero-order valence-corrected chi connectivity index (χ0v) is 11.6. The highest BCUT2D eigenvalue weighted by molar-refractivity contribution is 5.86. The lowest BCUT2D eigenvalue weighted by atomic mass is 9.63. The highest BCUT2D eigenvalue weighted by atomic mass is 16.5. The molecule has 0 saturated heterocycles. The molecule has 1 unspecified atom stereocenters. The van der Waals surface area contributed by atoms with Gasteiger partial charge in [0.15, 0.2) is 0 Å². The van der Waals surface area contributed by atoms with Crippen molar-refractivity contribution >= 4 is 5.91 Å². The van der Waals surface area contributed by atoms with Crippen molar-refractivity contribution in [2.24, 2.45) is 11.3 Å². The maximum Gasteiger partial charge on any atom is 0.240 e. The Morgan fingerprint density at radius 1 is 1.50 bits per heavy atom. The van der Waals surface area contributed by atoms with Crippen LogP contribution in [0.25, 0.3) is 0 Å². The first kappa shape index (κ1) is 13.0. The first-order valence-electron chi connectivity index (χ1n) is 7.07. The van der Waals surface area contributed by atoms with Crippen LogP contribution in [0.4, 0.5) is 0 Å². The van der Waals surface area contributed by atoms with E-state index in [1.54, 1.807) is 0 Å². The van der Waals surface area contributed by atoms with Gasteiger partial charge in [0, 0.05) is 6.42 Å². The van der Waals surface area contributed by atoms with Crippen molar-refractivity contribution in [1.29, 1.82) is 5.26 Å². The third-order valence-electron chi connectivity index (χ3n) is 4.25. The largest absolute Gasteiger partial charge is 0.488 e. The molecule has 0 aromatic heterocycles. The minimum atomic E-state index is -0.801. The van der Waals surface area contributed by atoms with E-state index in [1.807, 2.05) is 24.3 Å². The Morgan fingerprint density at radius 3 is 2.90 bits per heavy atom. The number of carbonyl (C=O) groups excluding carboxylic acids is 1. The van der Waals surface area contributed by atoms with Crippen molar-refractivity contribution in [2.75, 3.05) is 6.54 Å². The molecule has 104 valence electrons. The van der Waals surface area contributed by atoms with Gasteiger partial charge in [-0.05, 0) is 30.4 Å². The van der Waals surface area contributed by atoms with E-state index in [0.717, 1.165) is 12.2 Å². The van der Waals surface area contributed by atoms with Gasteiger partial charge in [0.2, 0.25) is 5.91 Å². The highest BCUT2D eigenvalue weighted by Crippen LogP contribution is 2.45. The van der Waals surface area contributed by atoms with E-state index in [9.17, 15) is 10.1 Å². The number of fused-ring (bicyclic) bond motifs is 1.